The van der Waals surface area contributed by atoms with Crippen LogP contribution < -0.4 is 0 Å². The van der Waals surface area contributed by atoms with Crippen LogP contribution in [0.3, 0.4) is 0 Å². The molecule has 72 valence electrons. The van der Waals surface area contributed by atoms with E-state index in [1.54, 1.807) is 6.07 Å². The zero-order valence-electron chi connectivity index (χ0n) is 7.45. The van der Waals surface area contributed by atoms with Crippen molar-refractivity contribution in [2.24, 2.45) is 0 Å². The Morgan fingerprint density at radius 3 is 3.00 bits per heavy atom. The molecular formula is C9H7FN2O2. The Hall–Kier alpha value is -1.96. The Morgan fingerprint density at radius 2 is 2.43 bits per heavy atom. The topological polar surface area (TPSA) is 63.0 Å². The van der Waals surface area contributed by atoms with Crippen molar-refractivity contribution in [3.8, 4) is 6.07 Å². The molecule has 0 bridgehead atoms. The van der Waals surface area contributed by atoms with Gasteiger partial charge in [-0.1, -0.05) is 0 Å². The molecule has 0 N–H and O–H groups in total. The quantitative estimate of drug-likeness (QED) is 0.653. The number of ether oxygens (including phenoxy) is 1. The summed E-state index contributed by atoms with van der Waals surface area (Å²) in [5, 5.41) is 8.49. The molecule has 0 saturated heterocycles. The summed E-state index contributed by atoms with van der Waals surface area (Å²) in [5.41, 5.74) is 0.00111. The molecule has 0 aromatic carbocycles. The van der Waals surface area contributed by atoms with Crippen LogP contribution in [0.1, 0.15) is 11.4 Å². The van der Waals surface area contributed by atoms with E-state index >= 15 is 0 Å². The first-order valence-corrected chi connectivity index (χ1v) is 3.79. The van der Waals surface area contributed by atoms with Gasteiger partial charge in [0.1, 0.15) is 17.6 Å². The van der Waals surface area contributed by atoms with Crippen molar-refractivity contribution in [1.82, 2.24) is 4.98 Å². The summed E-state index contributed by atoms with van der Waals surface area (Å²) in [6.45, 7) is 0. The molecule has 4 nitrogen and oxygen atoms in total. The van der Waals surface area contributed by atoms with Crippen LogP contribution in [-0.2, 0) is 16.0 Å². The zero-order chi connectivity index (χ0) is 10.6. The maximum absolute atomic E-state index is 13.0. The maximum Gasteiger partial charge on any atom is 0.311 e. The molecule has 0 radical (unpaired) electrons. The number of pyridine rings is 1. The molecule has 0 atom stereocenters. The van der Waals surface area contributed by atoms with Crippen LogP contribution in [0.15, 0.2) is 12.1 Å². The monoisotopic (exact) mass is 194 g/mol. The second-order valence-electron chi connectivity index (χ2n) is 2.49. The molecule has 0 fully saturated rings. The summed E-state index contributed by atoms with van der Waals surface area (Å²) >= 11 is 0. The number of carbonyl (C=O) groups is 1. The summed E-state index contributed by atoms with van der Waals surface area (Å²) in [6, 6.07) is 4.10. The molecule has 14 heavy (non-hydrogen) atoms. The van der Waals surface area contributed by atoms with Crippen LogP contribution in [0, 0.1) is 17.1 Å². The third-order valence-electron chi connectivity index (χ3n) is 1.57. The summed E-state index contributed by atoms with van der Waals surface area (Å²) in [6.07, 6.45) is -0.266. The number of methoxy groups -OCH3 is 1. The van der Waals surface area contributed by atoms with Crippen molar-refractivity contribution in [1.29, 1.82) is 5.26 Å². The molecule has 0 saturated carbocycles. The summed E-state index contributed by atoms with van der Waals surface area (Å²) < 4.78 is 17.4. The van der Waals surface area contributed by atoms with E-state index in [1.807, 2.05) is 0 Å². The van der Waals surface area contributed by atoms with E-state index in [-0.39, 0.29) is 17.8 Å². The molecule has 1 aromatic heterocycles. The lowest BCUT2D eigenvalue weighted by Crippen LogP contribution is -2.08. The molecule has 0 spiro atoms. The van der Waals surface area contributed by atoms with Gasteiger partial charge in [0.25, 0.3) is 0 Å². The van der Waals surface area contributed by atoms with Gasteiger partial charge in [0.15, 0.2) is 0 Å². The maximum atomic E-state index is 13.0. The zero-order valence-corrected chi connectivity index (χ0v) is 7.45. The van der Waals surface area contributed by atoms with Gasteiger partial charge in [-0.05, 0) is 12.1 Å². The first-order valence-electron chi connectivity index (χ1n) is 3.79. The predicted molar refractivity (Wildman–Crippen MR) is 44.6 cm³/mol. The van der Waals surface area contributed by atoms with Gasteiger partial charge < -0.3 is 4.74 Å². The van der Waals surface area contributed by atoms with E-state index in [9.17, 15) is 9.18 Å². The van der Waals surface area contributed by atoms with Crippen molar-refractivity contribution >= 4 is 5.97 Å². The van der Waals surface area contributed by atoms with Crippen LogP contribution >= 0.6 is 0 Å². The van der Waals surface area contributed by atoms with Crippen molar-refractivity contribution in [3.63, 3.8) is 0 Å². The second-order valence-corrected chi connectivity index (χ2v) is 2.49. The first kappa shape index (κ1) is 10.1. The highest BCUT2D eigenvalue weighted by Crippen LogP contribution is 2.06. The van der Waals surface area contributed by atoms with Gasteiger partial charge in [0, 0.05) is 0 Å². The van der Waals surface area contributed by atoms with Crippen LogP contribution in [0.25, 0.3) is 0 Å². The lowest BCUT2D eigenvalue weighted by atomic mass is 10.2. The SMILES string of the molecule is COC(=O)Cc1nc(C#N)ccc1F. The minimum absolute atomic E-state index is 0.0732. The van der Waals surface area contributed by atoms with Gasteiger partial charge >= 0.3 is 5.97 Å². The fraction of sp³-hybridized carbons (Fsp3) is 0.222. The molecule has 0 unspecified atom stereocenters. The highest BCUT2D eigenvalue weighted by atomic mass is 19.1. The molecule has 0 aliphatic heterocycles. The smallest absolute Gasteiger partial charge is 0.311 e. The summed E-state index contributed by atoms with van der Waals surface area (Å²) in [4.78, 5) is 14.5. The van der Waals surface area contributed by atoms with Gasteiger partial charge in [0.2, 0.25) is 0 Å². The van der Waals surface area contributed by atoms with Gasteiger partial charge in [-0.3, -0.25) is 4.79 Å². The van der Waals surface area contributed by atoms with Crippen molar-refractivity contribution in [3.05, 3.63) is 29.3 Å². The highest BCUT2D eigenvalue weighted by molar-refractivity contribution is 5.71. The van der Waals surface area contributed by atoms with E-state index in [0.29, 0.717) is 0 Å². The fourth-order valence-corrected chi connectivity index (χ4v) is 0.879. The van der Waals surface area contributed by atoms with E-state index in [0.717, 1.165) is 6.07 Å². The Bertz CT molecular complexity index is 398. The normalized spacial score (nSPS) is 9.21. The molecule has 1 aromatic rings. The highest BCUT2D eigenvalue weighted by Gasteiger charge is 2.10. The largest absolute Gasteiger partial charge is 0.469 e. The van der Waals surface area contributed by atoms with Crippen LogP contribution in [0.5, 0.6) is 0 Å². The number of hydrogen-bond donors (Lipinski definition) is 0. The van der Waals surface area contributed by atoms with E-state index in [4.69, 9.17) is 5.26 Å². The number of carbonyl (C=O) groups excluding carboxylic acids is 1. The minimum atomic E-state index is -0.616. The van der Waals surface area contributed by atoms with Crippen LogP contribution in [-0.4, -0.2) is 18.1 Å². The molecule has 0 aliphatic carbocycles. The summed E-state index contributed by atoms with van der Waals surface area (Å²) in [7, 11) is 1.20. The standard InChI is InChI=1S/C9H7FN2O2/c1-14-9(13)4-8-7(10)3-2-6(5-11)12-8/h2-3H,4H2,1H3. The molecule has 0 amide bonds. The van der Waals surface area contributed by atoms with Crippen molar-refractivity contribution < 1.29 is 13.9 Å². The van der Waals surface area contributed by atoms with Gasteiger partial charge in [0.05, 0.1) is 19.2 Å². The number of nitrogens with zero attached hydrogens (tertiary/aromatic N) is 2. The van der Waals surface area contributed by atoms with E-state index in [1.165, 1.54) is 13.2 Å². The summed E-state index contributed by atoms with van der Waals surface area (Å²) in [5.74, 6) is -1.21. The van der Waals surface area contributed by atoms with Crippen molar-refractivity contribution in [2.75, 3.05) is 7.11 Å². The van der Waals surface area contributed by atoms with Gasteiger partial charge in [-0.2, -0.15) is 5.26 Å². The average Bonchev–Trinajstić information content (AvgIpc) is 2.21. The Balaban J connectivity index is 2.96. The lowest BCUT2D eigenvalue weighted by Gasteiger charge is -2.00. The number of rotatable bonds is 2. The third-order valence-corrected chi connectivity index (χ3v) is 1.57. The number of nitriles is 1. The first-order chi connectivity index (χ1) is 6.67. The Morgan fingerprint density at radius 1 is 1.71 bits per heavy atom. The van der Waals surface area contributed by atoms with Crippen molar-refractivity contribution in [2.45, 2.75) is 6.42 Å². The second kappa shape index (κ2) is 4.33. The third kappa shape index (κ3) is 2.26. The van der Waals surface area contributed by atoms with Crippen LogP contribution in [0.4, 0.5) is 4.39 Å². The molecule has 0 aliphatic rings. The number of hydrogen-bond acceptors (Lipinski definition) is 4. The van der Waals surface area contributed by atoms with E-state index < -0.39 is 11.8 Å². The van der Waals surface area contributed by atoms with Gasteiger partial charge in [-0.25, -0.2) is 9.37 Å². The Kier molecular flexibility index (Phi) is 3.13. The number of esters is 1. The van der Waals surface area contributed by atoms with E-state index in [2.05, 4.69) is 9.72 Å². The average molecular weight is 194 g/mol. The number of aromatic nitrogens is 1. The molecular weight excluding hydrogens is 187 g/mol. The predicted octanol–water partition coefficient (Wildman–Crippen LogP) is 0.808. The van der Waals surface area contributed by atoms with Gasteiger partial charge in [-0.15, -0.1) is 0 Å². The Labute approximate surface area is 79.9 Å². The molecule has 5 heteroatoms. The van der Waals surface area contributed by atoms with Crippen LogP contribution in [0.2, 0.25) is 0 Å². The molecule has 1 heterocycles. The number of halogens is 1. The lowest BCUT2D eigenvalue weighted by molar-refractivity contribution is -0.139. The molecule has 1 rings (SSSR count). The minimum Gasteiger partial charge on any atom is -0.469 e. The fourth-order valence-electron chi connectivity index (χ4n) is 0.879.